The number of rotatable bonds is 4. The van der Waals surface area contributed by atoms with E-state index in [1.807, 2.05) is 37.5 Å². The molecule has 0 saturated carbocycles. The number of anilines is 1. The lowest BCUT2D eigenvalue weighted by Gasteiger charge is -2.29. The van der Waals surface area contributed by atoms with Gasteiger partial charge in [0.25, 0.3) is 0 Å². The van der Waals surface area contributed by atoms with E-state index in [0.29, 0.717) is 12.0 Å². The van der Waals surface area contributed by atoms with E-state index in [2.05, 4.69) is 39.8 Å². The molecule has 3 aromatic rings. The zero-order valence-electron chi connectivity index (χ0n) is 16.5. The number of benzene rings is 1. The Balaban J connectivity index is 1.45. The lowest BCUT2D eigenvalue weighted by atomic mass is 9.76. The molecule has 0 saturated heterocycles. The second kappa shape index (κ2) is 7.14. The number of carbonyl (C=O) groups is 1. The van der Waals surface area contributed by atoms with E-state index in [0.717, 1.165) is 41.8 Å². The molecule has 1 aliphatic carbocycles. The molecule has 2 heterocycles. The number of hydrogen-bond donors (Lipinski definition) is 3. The third kappa shape index (κ3) is 3.93. The van der Waals surface area contributed by atoms with E-state index in [-0.39, 0.29) is 6.03 Å². The van der Waals surface area contributed by atoms with Gasteiger partial charge in [-0.2, -0.15) is 10.2 Å². The summed E-state index contributed by atoms with van der Waals surface area (Å²) in [7, 11) is 1.85. The number of urea groups is 1. The van der Waals surface area contributed by atoms with Crippen molar-refractivity contribution < 1.29 is 4.79 Å². The molecule has 0 unspecified atom stereocenters. The van der Waals surface area contributed by atoms with E-state index in [4.69, 9.17) is 0 Å². The first-order valence-corrected chi connectivity index (χ1v) is 9.58. The van der Waals surface area contributed by atoms with Crippen LogP contribution in [-0.2, 0) is 26.4 Å². The summed E-state index contributed by atoms with van der Waals surface area (Å²) in [6.07, 6.45) is 6.81. The average molecular weight is 378 g/mol. The van der Waals surface area contributed by atoms with E-state index in [9.17, 15) is 4.79 Å². The van der Waals surface area contributed by atoms with Crippen LogP contribution in [-0.4, -0.2) is 26.0 Å². The number of nitrogens with zero attached hydrogens (tertiary/aromatic N) is 3. The zero-order chi connectivity index (χ0) is 19.7. The van der Waals surface area contributed by atoms with Gasteiger partial charge in [-0.1, -0.05) is 26.0 Å². The molecule has 3 N–H and O–H groups in total. The first-order chi connectivity index (χ1) is 13.4. The highest BCUT2D eigenvalue weighted by Gasteiger charge is 2.29. The van der Waals surface area contributed by atoms with Crippen molar-refractivity contribution in [3.8, 4) is 11.3 Å². The van der Waals surface area contributed by atoms with Gasteiger partial charge in [0.15, 0.2) is 0 Å². The third-order valence-corrected chi connectivity index (χ3v) is 5.27. The molecule has 0 aliphatic heterocycles. The van der Waals surface area contributed by atoms with Crippen LogP contribution in [0.15, 0.2) is 36.7 Å². The molecule has 1 aromatic carbocycles. The highest BCUT2D eigenvalue weighted by Crippen LogP contribution is 2.38. The molecule has 1 aliphatic rings. The Morgan fingerprint density at radius 1 is 1.36 bits per heavy atom. The van der Waals surface area contributed by atoms with Crippen molar-refractivity contribution in [2.75, 3.05) is 5.32 Å². The minimum Gasteiger partial charge on any atom is -0.334 e. The van der Waals surface area contributed by atoms with Crippen LogP contribution in [0.2, 0.25) is 0 Å². The molecule has 0 atom stereocenters. The number of nitrogens with one attached hydrogen (secondary N) is 3. The maximum absolute atomic E-state index is 12.2. The van der Waals surface area contributed by atoms with Crippen LogP contribution in [0.5, 0.6) is 0 Å². The summed E-state index contributed by atoms with van der Waals surface area (Å²) in [5, 5.41) is 17.6. The summed E-state index contributed by atoms with van der Waals surface area (Å²) in [5.41, 5.74) is 6.56. The Kier molecular flexibility index (Phi) is 4.66. The topological polar surface area (TPSA) is 87.6 Å². The first kappa shape index (κ1) is 18.3. The largest absolute Gasteiger partial charge is 0.334 e. The van der Waals surface area contributed by atoms with Crippen molar-refractivity contribution in [1.29, 1.82) is 0 Å². The number of hydrogen-bond acceptors (Lipinski definition) is 3. The van der Waals surface area contributed by atoms with Gasteiger partial charge in [-0.05, 0) is 36.8 Å². The standard InChI is InChI=1S/C21H26N6O/c1-21(2)8-7-17-18(10-21)25-26-19(17)15-5-4-6-16(9-15)24-20(28)22-11-14-12-23-27(3)13-14/h4-6,9,12-13H,7-8,10-11H2,1-3H3,(H,25,26)(H2,22,24,28). The second-order valence-electron chi connectivity index (χ2n) is 8.28. The smallest absolute Gasteiger partial charge is 0.319 e. The Hall–Kier alpha value is -3.09. The number of aromatic nitrogens is 4. The van der Waals surface area contributed by atoms with Crippen molar-refractivity contribution >= 4 is 11.7 Å². The number of aromatic amines is 1. The van der Waals surface area contributed by atoms with Crippen molar-refractivity contribution in [2.24, 2.45) is 12.5 Å². The van der Waals surface area contributed by atoms with Gasteiger partial charge in [0.2, 0.25) is 0 Å². The number of fused-ring (bicyclic) bond motifs is 1. The molecule has 146 valence electrons. The Morgan fingerprint density at radius 3 is 3.00 bits per heavy atom. The Morgan fingerprint density at radius 2 is 2.21 bits per heavy atom. The van der Waals surface area contributed by atoms with Gasteiger partial charge in [-0.25, -0.2) is 4.79 Å². The maximum atomic E-state index is 12.2. The van der Waals surface area contributed by atoms with Gasteiger partial charge < -0.3 is 10.6 Å². The van der Waals surface area contributed by atoms with Crippen LogP contribution in [0, 0.1) is 5.41 Å². The molecule has 2 aromatic heterocycles. The first-order valence-electron chi connectivity index (χ1n) is 9.58. The highest BCUT2D eigenvalue weighted by molar-refractivity contribution is 5.90. The molecule has 7 heteroatoms. The molecule has 2 amide bonds. The fraction of sp³-hybridized carbons (Fsp3) is 0.381. The van der Waals surface area contributed by atoms with Gasteiger partial charge in [0.05, 0.1) is 11.9 Å². The van der Waals surface area contributed by atoms with Crippen molar-refractivity contribution in [3.05, 3.63) is 53.5 Å². The lowest BCUT2D eigenvalue weighted by Crippen LogP contribution is -2.28. The summed E-state index contributed by atoms with van der Waals surface area (Å²) in [5.74, 6) is 0. The maximum Gasteiger partial charge on any atom is 0.319 e. The lowest BCUT2D eigenvalue weighted by molar-refractivity contribution is 0.251. The normalized spacial score (nSPS) is 15.1. The predicted octanol–water partition coefficient (Wildman–Crippen LogP) is 3.65. The molecule has 0 fully saturated rings. The van der Waals surface area contributed by atoms with Gasteiger partial charge >= 0.3 is 6.03 Å². The number of carbonyl (C=O) groups excluding carboxylic acids is 1. The van der Waals surface area contributed by atoms with Crippen LogP contribution in [0.25, 0.3) is 11.3 Å². The monoisotopic (exact) mass is 378 g/mol. The number of aryl methyl sites for hydroxylation is 1. The van der Waals surface area contributed by atoms with Crippen LogP contribution in [0.1, 0.15) is 37.1 Å². The average Bonchev–Trinajstić information content (AvgIpc) is 3.25. The number of amides is 2. The van der Waals surface area contributed by atoms with E-state index < -0.39 is 0 Å². The Bertz CT molecular complexity index is 1000. The van der Waals surface area contributed by atoms with Gasteiger partial charge in [-0.15, -0.1) is 0 Å². The van der Waals surface area contributed by atoms with Crippen LogP contribution < -0.4 is 10.6 Å². The van der Waals surface area contributed by atoms with Crippen molar-refractivity contribution in [3.63, 3.8) is 0 Å². The summed E-state index contributed by atoms with van der Waals surface area (Å²) in [6.45, 7) is 5.03. The van der Waals surface area contributed by atoms with E-state index in [1.54, 1.807) is 10.9 Å². The van der Waals surface area contributed by atoms with Gasteiger partial charge in [0, 0.05) is 47.9 Å². The summed E-state index contributed by atoms with van der Waals surface area (Å²) >= 11 is 0. The molecule has 7 nitrogen and oxygen atoms in total. The molecule has 28 heavy (non-hydrogen) atoms. The SMILES string of the molecule is Cn1cc(CNC(=O)Nc2cccc(-c3n[nH]c4c3CCC(C)(C)C4)c2)cn1. The summed E-state index contributed by atoms with van der Waals surface area (Å²) in [6, 6.07) is 7.59. The summed E-state index contributed by atoms with van der Waals surface area (Å²) < 4.78 is 1.71. The van der Waals surface area contributed by atoms with E-state index in [1.165, 1.54) is 11.3 Å². The molecular weight excluding hydrogens is 352 g/mol. The zero-order valence-corrected chi connectivity index (χ0v) is 16.5. The molecule has 0 bridgehead atoms. The number of H-pyrrole nitrogens is 1. The van der Waals surface area contributed by atoms with Crippen LogP contribution >= 0.6 is 0 Å². The Labute approximate surface area is 164 Å². The minimum absolute atomic E-state index is 0.244. The van der Waals surface area contributed by atoms with Gasteiger partial charge in [0.1, 0.15) is 0 Å². The predicted molar refractivity (Wildman–Crippen MR) is 109 cm³/mol. The van der Waals surface area contributed by atoms with Gasteiger partial charge in [-0.3, -0.25) is 9.78 Å². The quantitative estimate of drug-likeness (QED) is 0.648. The summed E-state index contributed by atoms with van der Waals surface area (Å²) in [4.78, 5) is 12.2. The third-order valence-electron chi connectivity index (χ3n) is 5.27. The molecule has 0 spiro atoms. The van der Waals surface area contributed by atoms with E-state index >= 15 is 0 Å². The minimum atomic E-state index is -0.244. The second-order valence-corrected chi connectivity index (χ2v) is 8.28. The molecular formula is C21H26N6O. The molecule has 4 rings (SSSR count). The van der Waals surface area contributed by atoms with Crippen LogP contribution in [0.3, 0.4) is 0 Å². The van der Waals surface area contributed by atoms with Crippen molar-refractivity contribution in [2.45, 2.75) is 39.7 Å². The molecule has 0 radical (unpaired) electrons. The van der Waals surface area contributed by atoms with Crippen LogP contribution in [0.4, 0.5) is 10.5 Å². The fourth-order valence-corrected chi connectivity index (χ4v) is 3.75. The van der Waals surface area contributed by atoms with Crippen molar-refractivity contribution in [1.82, 2.24) is 25.3 Å². The highest BCUT2D eigenvalue weighted by atomic mass is 16.2. The fourth-order valence-electron chi connectivity index (χ4n) is 3.75.